The molecule has 1 saturated heterocycles. The summed E-state index contributed by atoms with van der Waals surface area (Å²) >= 11 is 6.88. The van der Waals surface area contributed by atoms with E-state index in [1.807, 2.05) is 0 Å². The number of rotatable bonds is 3. The molecular formula is C10H12ClNO4S2. The third-order valence-electron chi connectivity index (χ3n) is 2.89. The van der Waals surface area contributed by atoms with Gasteiger partial charge in [-0.15, -0.1) is 11.3 Å². The van der Waals surface area contributed by atoms with Gasteiger partial charge in [-0.25, -0.2) is 8.42 Å². The number of hydrogen-bond donors (Lipinski definition) is 1. The Morgan fingerprint density at radius 2 is 2.28 bits per heavy atom. The number of halogens is 1. The molecule has 0 aromatic carbocycles. The normalized spacial score (nSPS) is 21.9. The van der Waals surface area contributed by atoms with Gasteiger partial charge in [-0.05, 0) is 24.3 Å². The second-order valence-electron chi connectivity index (χ2n) is 4.10. The molecule has 1 aromatic rings. The molecule has 2 heterocycles. The molecule has 1 atom stereocenters. The van der Waals surface area contributed by atoms with Crippen LogP contribution < -0.4 is 0 Å². The van der Waals surface area contributed by atoms with E-state index in [9.17, 15) is 13.2 Å². The number of piperidine rings is 1. The van der Waals surface area contributed by atoms with Crippen LogP contribution in [-0.4, -0.2) is 36.9 Å². The van der Waals surface area contributed by atoms with Gasteiger partial charge in [-0.1, -0.05) is 11.6 Å². The van der Waals surface area contributed by atoms with Crippen molar-refractivity contribution in [2.45, 2.75) is 17.1 Å². The van der Waals surface area contributed by atoms with E-state index in [1.54, 1.807) is 5.38 Å². The van der Waals surface area contributed by atoms with Crippen molar-refractivity contribution in [3.63, 3.8) is 0 Å². The summed E-state index contributed by atoms with van der Waals surface area (Å²) in [6.07, 6.45) is 1.07. The molecule has 100 valence electrons. The lowest BCUT2D eigenvalue weighted by Crippen LogP contribution is -2.42. The van der Waals surface area contributed by atoms with E-state index in [0.29, 0.717) is 19.4 Å². The van der Waals surface area contributed by atoms with Crippen LogP contribution in [0.15, 0.2) is 15.7 Å². The number of thiophene rings is 1. The van der Waals surface area contributed by atoms with Crippen molar-refractivity contribution in [1.82, 2.24) is 4.31 Å². The summed E-state index contributed by atoms with van der Waals surface area (Å²) in [6, 6.07) is 1.53. The number of carboxylic acids is 1. The summed E-state index contributed by atoms with van der Waals surface area (Å²) in [5, 5.41) is 10.8. The lowest BCUT2D eigenvalue weighted by atomic mass is 10.0. The minimum absolute atomic E-state index is 0.0197. The molecule has 8 heteroatoms. The predicted octanol–water partition coefficient (Wildman–Crippen LogP) is 1.89. The number of nitrogens with zero attached hydrogens (tertiary/aromatic N) is 1. The maximum atomic E-state index is 12.3. The van der Waals surface area contributed by atoms with Crippen LogP contribution in [0, 0.1) is 5.92 Å². The molecule has 1 fully saturated rings. The molecule has 0 aliphatic carbocycles. The highest BCUT2D eigenvalue weighted by molar-refractivity contribution is 7.91. The van der Waals surface area contributed by atoms with Gasteiger partial charge < -0.3 is 5.11 Å². The molecule has 0 spiro atoms. The SMILES string of the molecule is O=C(O)C1CCCN(S(=O)(=O)c2sccc2Cl)C1. The summed E-state index contributed by atoms with van der Waals surface area (Å²) in [7, 11) is -3.66. The minimum Gasteiger partial charge on any atom is -0.481 e. The molecule has 0 bridgehead atoms. The first-order valence-corrected chi connectivity index (χ1v) is 8.08. The van der Waals surface area contributed by atoms with Gasteiger partial charge in [-0.2, -0.15) is 4.31 Å². The van der Waals surface area contributed by atoms with Gasteiger partial charge in [0.2, 0.25) is 0 Å². The van der Waals surface area contributed by atoms with Gasteiger partial charge in [0.25, 0.3) is 10.0 Å². The molecule has 1 aromatic heterocycles. The standard InChI is InChI=1S/C10H12ClNO4S2/c11-8-3-5-17-10(8)18(15,16)12-4-1-2-7(6-12)9(13)14/h3,5,7H,1-2,4,6H2,(H,13,14). The van der Waals surface area contributed by atoms with E-state index in [4.69, 9.17) is 16.7 Å². The summed E-state index contributed by atoms with van der Waals surface area (Å²) in [5.74, 6) is -1.58. The molecule has 5 nitrogen and oxygen atoms in total. The summed E-state index contributed by atoms with van der Waals surface area (Å²) in [5.41, 5.74) is 0. The fourth-order valence-electron chi connectivity index (χ4n) is 1.94. The predicted molar refractivity (Wildman–Crippen MR) is 68.4 cm³/mol. The van der Waals surface area contributed by atoms with Crippen molar-refractivity contribution in [1.29, 1.82) is 0 Å². The molecule has 18 heavy (non-hydrogen) atoms. The molecule has 2 rings (SSSR count). The van der Waals surface area contributed by atoms with Crippen LogP contribution in [0.2, 0.25) is 5.02 Å². The van der Waals surface area contributed by atoms with Crippen LogP contribution in [-0.2, 0) is 14.8 Å². The second kappa shape index (κ2) is 5.16. The monoisotopic (exact) mass is 309 g/mol. The Hall–Kier alpha value is -0.630. The van der Waals surface area contributed by atoms with Gasteiger partial charge in [0, 0.05) is 13.1 Å². The molecule has 0 saturated carbocycles. The first-order valence-electron chi connectivity index (χ1n) is 5.39. The lowest BCUT2D eigenvalue weighted by Gasteiger charge is -2.29. The molecule has 1 N–H and O–H groups in total. The van der Waals surface area contributed by atoms with E-state index in [0.717, 1.165) is 11.3 Å². The zero-order chi connectivity index (χ0) is 13.3. The smallest absolute Gasteiger partial charge is 0.307 e. The quantitative estimate of drug-likeness (QED) is 0.925. The Balaban J connectivity index is 2.26. The molecular weight excluding hydrogens is 298 g/mol. The summed E-state index contributed by atoms with van der Waals surface area (Å²) in [4.78, 5) is 10.9. The van der Waals surface area contributed by atoms with Crippen LogP contribution in [0.4, 0.5) is 0 Å². The van der Waals surface area contributed by atoms with Crippen LogP contribution >= 0.6 is 22.9 Å². The zero-order valence-electron chi connectivity index (χ0n) is 9.37. The van der Waals surface area contributed by atoms with Crippen LogP contribution in [0.25, 0.3) is 0 Å². The van der Waals surface area contributed by atoms with Crippen molar-refractivity contribution in [3.8, 4) is 0 Å². The number of hydrogen-bond acceptors (Lipinski definition) is 4. The van der Waals surface area contributed by atoms with Crippen LogP contribution in [0.5, 0.6) is 0 Å². The van der Waals surface area contributed by atoms with Crippen LogP contribution in [0.1, 0.15) is 12.8 Å². The summed E-state index contributed by atoms with van der Waals surface area (Å²) < 4.78 is 25.9. The second-order valence-corrected chi connectivity index (χ2v) is 7.55. The molecule has 0 amide bonds. The molecule has 0 radical (unpaired) electrons. The van der Waals surface area contributed by atoms with Crippen molar-refractivity contribution < 1.29 is 18.3 Å². The summed E-state index contributed by atoms with van der Waals surface area (Å²) in [6.45, 7) is 0.367. The first-order chi connectivity index (χ1) is 8.43. The molecule has 1 unspecified atom stereocenters. The van der Waals surface area contributed by atoms with E-state index < -0.39 is 21.9 Å². The molecule has 1 aliphatic heterocycles. The lowest BCUT2D eigenvalue weighted by molar-refractivity contribution is -0.142. The highest BCUT2D eigenvalue weighted by Gasteiger charge is 2.34. The number of aliphatic carboxylic acids is 1. The Morgan fingerprint density at radius 3 is 2.83 bits per heavy atom. The van der Waals surface area contributed by atoms with Gasteiger partial charge >= 0.3 is 5.97 Å². The van der Waals surface area contributed by atoms with E-state index in [-0.39, 0.29) is 15.8 Å². The average molecular weight is 310 g/mol. The van der Waals surface area contributed by atoms with Crippen molar-refractivity contribution in [2.24, 2.45) is 5.92 Å². The topological polar surface area (TPSA) is 74.7 Å². The number of carbonyl (C=O) groups is 1. The molecule has 1 aliphatic rings. The highest BCUT2D eigenvalue weighted by Crippen LogP contribution is 2.32. The Morgan fingerprint density at radius 1 is 1.56 bits per heavy atom. The number of carboxylic acid groups (broad SMARTS) is 1. The maximum absolute atomic E-state index is 12.3. The van der Waals surface area contributed by atoms with Gasteiger partial charge in [0.15, 0.2) is 4.21 Å². The van der Waals surface area contributed by atoms with Crippen molar-refractivity contribution in [3.05, 3.63) is 16.5 Å². The van der Waals surface area contributed by atoms with E-state index >= 15 is 0 Å². The zero-order valence-corrected chi connectivity index (χ0v) is 11.8. The largest absolute Gasteiger partial charge is 0.481 e. The first kappa shape index (κ1) is 13.8. The Bertz CT molecular complexity index is 554. The van der Waals surface area contributed by atoms with Crippen LogP contribution in [0.3, 0.4) is 0 Å². The third-order valence-corrected chi connectivity index (χ3v) is 6.76. The van der Waals surface area contributed by atoms with Crippen molar-refractivity contribution >= 4 is 38.9 Å². The maximum Gasteiger partial charge on any atom is 0.307 e. The van der Waals surface area contributed by atoms with E-state index in [2.05, 4.69) is 0 Å². The van der Waals surface area contributed by atoms with E-state index in [1.165, 1.54) is 10.4 Å². The van der Waals surface area contributed by atoms with Crippen molar-refractivity contribution in [2.75, 3.05) is 13.1 Å². The van der Waals surface area contributed by atoms with Gasteiger partial charge in [0.1, 0.15) is 0 Å². The fraction of sp³-hybridized carbons (Fsp3) is 0.500. The Kier molecular flexibility index (Phi) is 3.96. The van der Waals surface area contributed by atoms with Gasteiger partial charge in [0.05, 0.1) is 10.9 Å². The third kappa shape index (κ3) is 2.54. The highest BCUT2D eigenvalue weighted by atomic mass is 35.5. The fourth-order valence-corrected chi connectivity index (χ4v) is 5.28. The Labute approximate surface area is 114 Å². The average Bonchev–Trinajstić information content (AvgIpc) is 2.76. The van der Waals surface area contributed by atoms with Gasteiger partial charge in [-0.3, -0.25) is 4.79 Å². The number of sulfonamides is 1. The minimum atomic E-state index is -3.66.